The fourth-order valence-corrected chi connectivity index (χ4v) is 5.09. The fraction of sp³-hybridized carbons (Fsp3) is 0.375. The zero-order chi connectivity index (χ0) is 22.2. The topological polar surface area (TPSA) is 64.0 Å². The SMILES string of the molecule is CC(=O)O.OCCN1CCN(CC/C=C2/c3ccccc3Sc3ccc(Cl)cc32)CC1. The van der Waals surface area contributed by atoms with Gasteiger partial charge in [0.25, 0.3) is 5.97 Å². The summed E-state index contributed by atoms with van der Waals surface area (Å²) in [4.78, 5) is 16.5. The number of benzene rings is 2. The number of hydrogen-bond donors (Lipinski definition) is 2. The molecule has 0 saturated carbocycles. The van der Waals surface area contributed by atoms with Crippen molar-refractivity contribution in [2.45, 2.75) is 23.1 Å². The Kier molecular flexibility index (Phi) is 8.99. The molecular formula is C24H29ClN2O3S. The van der Waals surface area contributed by atoms with E-state index in [1.54, 1.807) is 0 Å². The van der Waals surface area contributed by atoms with Crippen LogP contribution in [0.4, 0.5) is 0 Å². The van der Waals surface area contributed by atoms with Gasteiger partial charge in [-0.3, -0.25) is 9.69 Å². The van der Waals surface area contributed by atoms with Gasteiger partial charge in [0.1, 0.15) is 0 Å². The van der Waals surface area contributed by atoms with Crippen LogP contribution < -0.4 is 0 Å². The lowest BCUT2D eigenvalue weighted by Gasteiger charge is -2.34. The molecule has 4 rings (SSSR count). The molecule has 0 bridgehead atoms. The molecular weight excluding hydrogens is 432 g/mol. The number of nitrogens with zero attached hydrogens (tertiary/aromatic N) is 2. The molecule has 0 unspecified atom stereocenters. The van der Waals surface area contributed by atoms with Gasteiger partial charge in [0.2, 0.25) is 0 Å². The second-order valence-corrected chi connectivity index (χ2v) is 9.09. The molecule has 166 valence electrons. The molecule has 7 heteroatoms. The minimum absolute atomic E-state index is 0.255. The van der Waals surface area contributed by atoms with Gasteiger partial charge in [0, 0.05) is 61.0 Å². The lowest BCUT2D eigenvalue weighted by molar-refractivity contribution is -0.134. The summed E-state index contributed by atoms with van der Waals surface area (Å²) >= 11 is 8.12. The van der Waals surface area contributed by atoms with E-state index in [-0.39, 0.29) is 6.61 Å². The van der Waals surface area contributed by atoms with Crippen LogP contribution in [0.2, 0.25) is 5.02 Å². The molecule has 2 aromatic rings. The second kappa shape index (κ2) is 11.7. The number of carbonyl (C=O) groups is 1. The maximum absolute atomic E-state index is 9.08. The summed E-state index contributed by atoms with van der Waals surface area (Å²) < 4.78 is 0. The average Bonchev–Trinajstić information content (AvgIpc) is 2.74. The number of hydrogen-bond acceptors (Lipinski definition) is 5. The Balaban J connectivity index is 0.000000628. The molecule has 2 heterocycles. The highest BCUT2D eigenvalue weighted by Gasteiger charge is 2.21. The third kappa shape index (κ3) is 6.82. The number of aliphatic hydroxyl groups excluding tert-OH is 1. The monoisotopic (exact) mass is 460 g/mol. The highest BCUT2D eigenvalue weighted by molar-refractivity contribution is 7.99. The van der Waals surface area contributed by atoms with E-state index in [1.807, 2.05) is 17.8 Å². The molecule has 2 aromatic carbocycles. The number of carboxylic acids is 1. The van der Waals surface area contributed by atoms with Crippen LogP contribution in [0.5, 0.6) is 0 Å². The molecule has 31 heavy (non-hydrogen) atoms. The minimum Gasteiger partial charge on any atom is -0.481 e. The maximum atomic E-state index is 9.08. The molecule has 2 aliphatic heterocycles. The van der Waals surface area contributed by atoms with E-state index in [0.29, 0.717) is 0 Å². The van der Waals surface area contributed by atoms with Crippen LogP contribution in [-0.2, 0) is 4.79 Å². The van der Waals surface area contributed by atoms with Crippen LogP contribution >= 0.6 is 23.4 Å². The normalized spacial score (nSPS) is 17.5. The van der Waals surface area contributed by atoms with Gasteiger partial charge in [-0.25, -0.2) is 0 Å². The van der Waals surface area contributed by atoms with Crippen molar-refractivity contribution in [2.75, 3.05) is 45.9 Å². The standard InChI is InChI=1S/C22H25ClN2OS.C2H4O2/c23-17-7-8-22-20(16-17)18(19-4-1-2-6-21(19)27-22)5-3-9-24-10-12-25(13-11-24)14-15-26;1-2(3)4/h1-2,4-8,16,26H,3,9-15H2;1H3,(H,3,4)/b18-5-;. The highest BCUT2D eigenvalue weighted by atomic mass is 35.5. The Morgan fingerprint density at radius 1 is 1.03 bits per heavy atom. The van der Waals surface area contributed by atoms with Crippen LogP contribution in [0.1, 0.15) is 24.5 Å². The first-order valence-electron chi connectivity index (χ1n) is 10.5. The van der Waals surface area contributed by atoms with Crippen LogP contribution in [0.15, 0.2) is 58.3 Å². The number of aliphatic carboxylic acids is 1. The molecule has 5 nitrogen and oxygen atoms in total. The third-order valence-corrected chi connectivity index (χ3v) is 6.69. The molecule has 0 aliphatic carbocycles. The van der Waals surface area contributed by atoms with Gasteiger partial charge in [0.15, 0.2) is 0 Å². The molecule has 2 N–H and O–H groups in total. The zero-order valence-corrected chi connectivity index (χ0v) is 19.3. The van der Waals surface area contributed by atoms with E-state index in [9.17, 15) is 0 Å². The summed E-state index contributed by atoms with van der Waals surface area (Å²) in [5.41, 5.74) is 3.87. The van der Waals surface area contributed by atoms with Crippen molar-refractivity contribution in [3.8, 4) is 0 Å². The number of β-amino-alcohol motifs (C(OH)–C–C–N with tert-alkyl or cyclic N) is 1. The largest absolute Gasteiger partial charge is 0.481 e. The van der Waals surface area contributed by atoms with Gasteiger partial charge < -0.3 is 15.1 Å². The van der Waals surface area contributed by atoms with Gasteiger partial charge in [-0.15, -0.1) is 0 Å². The van der Waals surface area contributed by atoms with Crippen molar-refractivity contribution in [1.82, 2.24) is 9.80 Å². The smallest absolute Gasteiger partial charge is 0.300 e. The summed E-state index contributed by atoms with van der Waals surface area (Å²) in [6.45, 7) is 7.47. The summed E-state index contributed by atoms with van der Waals surface area (Å²) in [7, 11) is 0. The Morgan fingerprint density at radius 3 is 2.32 bits per heavy atom. The number of aliphatic hydroxyl groups is 1. The second-order valence-electron chi connectivity index (χ2n) is 7.57. The van der Waals surface area contributed by atoms with Gasteiger partial charge in [-0.05, 0) is 47.4 Å². The van der Waals surface area contributed by atoms with Crippen molar-refractivity contribution in [3.05, 3.63) is 64.7 Å². The Hall–Kier alpha value is -1.83. The first-order valence-corrected chi connectivity index (χ1v) is 11.7. The van der Waals surface area contributed by atoms with Crippen molar-refractivity contribution in [1.29, 1.82) is 0 Å². The van der Waals surface area contributed by atoms with E-state index >= 15 is 0 Å². The number of piperazine rings is 1. The predicted molar refractivity (Wildman–Crippen MR) is 127 cm³/mol. The molecule has 0 spiro atoms. The number of carboxylic acid groups (broad SMARTS) is 1. The number of rotatable bonds is 5. The Labute approximate surface area is 193 Å². The van der Waals surface area contributed by atoms with Crippen LogP contribution in [0.25, 0.3) is 5.57 Å². The predicted octanol–water partition coefficient (Wildman–Crippen LogP) is 4.33. The summed E-state index contributed by atoms with van der Waals surface area (Å²) in [6, 6.07) is 14.8. The Bertz CT molecular complexity index is 923. The lowest BCUT2D eigenvalue weighted by Crippen LogP contribution is -2.47. The first kappa shape index (κ1) is 23.8. The van der Waals surface area contributed by atoms with Gasteiger partial charge >= 0.3 is 0 Å². The van der Waals surface area contributed by atoms with Crippen LogP contribution in [0, 0.1) is 0 Å². The maximum Gasteiger partial charge on any atom is 0.300 e. The van der Waals surface area contributed by atoms with E-state index in [4.69, 9.17) is 26.6 Å². The van der Waals surface area contributed by atoms with Gasteiger partial charge in [0.05, 0.1) is 6.61 Å². The summed E-state index contributed by atoms with van der Waals surface area (Å²) in [6.07, 6.45) is 3.41. The van der Waals surface area contributed by atoms with Crippen molar-refractivity contribution < 1.29 is 15.0 Å². The molecule has 0 aromatic heterocycles. The highest BCUT2D eigenvalue weighted by Crippen LogP contribution is 2.46. The Morgan fingerprint density at radius 2 is 1.65 bits per heavy atom. The van der Waals surface area contributed by atoms with Gasteiger partial charge in [-0.2, -0.15) is 0 Å². The molecule has 0 amide bonds. The molecule has 0 atom stereocenters. The summed E-state index contributed by atoms with van der Waals surface area (Å²) in [5, 5.41) is 17.3. The first-order chi connectivity index (χ1) is 15.0. The third-order valence-electron chi connectivity index (χ3n) is 5.30. The van der Waals surface area contributed by atoms with Crippen molar-refractivity contribution in [2.24, 2.45) is 0 Å². The molecule has 1 saturated heterocycles. The molecule has 0 radical (unpaired) electrons. The van der Waals surface area contributed by atoms with E-state index in [0.717, 1.165) is 57.6 Å². The number of halogens is 1. The fourth-order valence-electron chi connectivity index (χ4n) is 3.83. The van der Waals surface area contributed by atoms with Crippen LogP contribution in [-0.4, -0.2) is 71.9 Å². The zero-order valence-electron chi connectivity index (χ0n) is 17.8. The van der Waals surface area contributed by atoms with Crippen molar-refractivity contribution in [3.63, 3.8) is 0 Å². The van der Waals surface area contributed by atoms with E-state index in [2.05, 4.69) is 52.3 Å². The van der Waals surface area contributed by atoms with Gasteiger partial charge in [-0.1, -0.05) is 47.6 Å². The quantitative estimate of drug-likeness (QED) is 0.591. The van der Waals surface area contributed by atoms with E-state index < -0.39 is 5.97 Å². The molecule has 1 fully saturated rings. The van der Waals surface area contributed by atoms with Crippen LogP contribution in [0.3, 0.4) is 0 Å². The molecule has 2 aliphatic rings. The average molecular weight is 461 g/mol. The number of fused-ring (bicyclic) bond motifs is 2. The van der Waals surface area contributed by atoms with Crippen molar-refractivity contribution >= 4 is 34.9 Å². The lowest BCUT2D eigenvalue weighted by atomic mass is 9.96. The van der Waals surface area contributed by atoms with E-state index in [1.165, 1.54) is 26.5 Å². The summed E-state index contributed by atoms with van der Waals surface area (Å²) in [5.74, 6) is -0.833. The minimum atomic E-state index is -0.833.